The average molecular weight is 365 g/mol. The Morgan fingerprint density at radius 3 is 2.62 bits per heavy atom. The first-order chi connectivity index (χ1) is 10.3. The molecular formula is C17H16ClNOSe. The van der Waals surface area contributed by atoms with E-state index in [0.717, 1.165) is 22.9 Å². The topological polar surface area (TPSA) is 21.6 Å². The zero-order chi connectivity index (χ0) is 14.5. The summed E-state index contributed by atoms with van der Waals surface area (Å²) in [5.74, 6) is 0.791. The Bertz CT molecular complexity index is 612. The minimum atomic E-state index is 0.300. The van der Waals surface area contributed by atoms with Gasteiger partial charge in [-0.3, -0.25) is 0 Å². The molecule has 0 unspecified atom stereocenters. The third-order valence-electron chi connectivity index (χ3n) is 3.27. The monoisotopic (exact) mass is 365 g/mol. The SMILES string of the molecule is Clc1ccc([Se]CC[C@H]2COC(c3ccccc3)=N2)cc1. The van der Waals surface area contributed by atoms with Gasteiger partial charge in [-0.05, 0) is 0 Å². The van der Waals surface area contributed by atoms with E-state index in [1.807, 2.05) is 42.5 Å². The quantitative estimate of drug-likeness (QED) is 0.746. The molecule has 0 amide bonds. The summed E-state index contributed by atoms with van der Waals surface area (Å²) in [6, 6.07) is 18.6. The Kier molecular flexibility index (Phi) is 4.97. The van der Waals surface area contributed by atoms with Crippen LogP contribution in [0.4, 0.5) is 0 Å². The Morgan fingerprint density at radius 1 is 1.10 bits per heavy atom. The molecular weight excluding hydrogens is 349 g/mol. The van der Waals surface area contributed by atoms with Crippen LogP contribution in [0.5, 0.6) is 0 Å². The Labute approximate surface area is 136 Å². The van der Waals surface area contributed by atoms with E-state index in [0.29, 0.717) is 27.6 Å². The maximum absolute atomic E-state index is 5.90. The summed E-state index contributed by atoms with van der Waals surface area (Å²) in [4.78, 5) is 4.69. The summed E-state index contributed by atoms with van der Waals surface area (Å²) in [7, 11) is 0. The molecule has 1 heterocycles. The van der Waals surface area contributed by atoms with Crippen LogP contribution >= 0.6 is 11.6 Å². The minimum absolute atomic E-state index is 0.300. The number of nitrogens with zero attached hydrogens (tertiary/aromatic N) is 1. The molecule has 21 heavy (non-hydrogen) atoms. The van der Waals surface area contributed by atoms with E-state index >= 15 is 0 Å². The van der Waals surface area contributed by atoms with E-state index in [-0.39, 0.29) is 0 Å². The summed E-state index contributed by atoms with van der Waals surface area (Å²) < 4.78 is 7.10. The van der Waals surface area contributed by atoms with Gasteiger partial charge in [-0.2, -0.15) is 0 Å². The fourth-order valence-corrected chi connectivity index (χ4v) is 4.27. The number of rotatable bonds is 5. The van der Waals surface area contributed by atoms with Crippen molar-refractivity contribution in [2.24, 2.45) is 4.99 Å². The first-order valence-corrected chi connectivity index (χ1v) is 9.40. The van der Waals surface area contributed by atoms with E-state index in [1.54, 1.807) is 0 Å². The third-order valence-corrected chi connectivity index (χ3v) is 5.71. The Balaban J connectivity index is 1.51. The summed E-state index contributed by atoms with van der Waals surface area (Å²) in [6.45, 7) is 0.709. The number of benzene rings is 2. The first kappa shape index (κ1) is 14.6. The van der Waals surface area contributed by atoms with Crippen molar-refractivity contribution in [2.75, 3.05) is 6.61 Å². The van der Waals surface area contributed by atoms with Crippen molar-refractivity contribution in [2.45, 2.75) is 17.8 Å². The van der Waals surface area contributed by atoms with Crippen LogP contribution in [-0.4, -0.2) is 33.5 Å². The molecule has 2 nitrogen and oxygen atoms in total. The van der Waals surface area contributed by atoms with Gasteiger partial charge in [-0.25, -0.2) is 0 Å². The van der Waals surface area contributed by atoms with Crippen LogP contribution < -0.4 is 4.46 Å². The van der Waals surface area contributed by atoms with Crippen molar-refractivity contribution in [3.05, 3.63) is 65.2 Å². The number of ether oxygens (including phenoxy) is 1. The van der Waals surface area contributed by atoms with E-state index in [9.17, 15) is 0 Å². The maximum atomic E-state index is 5.90. The van der Waals surface area contributed by atoms with E-state index in [2.05, 4.69) is 17.1 Å². The molecule has 0 saturated carbocycles. The predicted octanol–water partition coefficient (Wildman–Crippen LogP) is 3.32. The van der Waals surface area contributed by atoms with E-state index in [4.69, 9.17) is 16.3 Å². The molecule has 0 fully saturated rings. The van der Waals surface area contributed by atoms with Crippen molar-refractivity contribution >= 4 is 36.9 Å². The van der Waals surface area contributed by atoms with Gasteiger partial charge in [0.25, 0.3) is 0 Å². The summed E-state index contributed by atoms with van der Waals surface area (Å²) in [5, 5.41) is 1.98. The fourth-order valence-electron chi connectivity index (χ4n) is 2.15. The molecule has 0 spiro atoms. The second-order valence-electron chi connectivity index (χ2n) is 4.86. The molecule has 0 saturated heterocycles. The zero-order valence-corrected chi connectivity index (χ0v) is 14.0. The molecule has 2 aromatic carbocycles. The second-order valence-corrected chi connectivity index (χ2v) is 7.74. The van der Waals surface area contributed by atoms with E-state index in [1.165, 1.54) is 9.78 Å². The molecule has 0 aliphatic carbocycles. The molecule has 0 aromatic heterocycles. The number of aliphatic imine (C=N–C) groups is 1. The molecule has 0 radical (unpaired) electrons. The van der Waals surface area contributed by atoms with Crippen LogP contribution in [0.15, 0.2) is 59.6 Å². The fraction of sp³-hybridized carbons (Fsp3) is 0.235. The molecule has 108 valence electrons. The molecule has 4 heteroatoms. The van der Waals surface area contributed by atoms with Crippen LogP contribution in [0.25, 0.3) is 0 Å². The van der Waals surface area contributed by atoms with Crippen molar-refractivity contribution in [3.8, 4) is 0 Å². The second kappa shape index (κ2) is 7.13. The van der Waals surface area contributed by atoms with Gasteiger partial charge in [0.1, 0.15) is 0 Å². The van der Waals surface area contributed by atoms with Crippen molar-refractivity contribution in [1.29, 1.82) is 0 Å². The van der Waals surface area contributed by atoms with Crippen LogP contribution in [0.2, 0.25) is 10.3 Å². The van der Waals surface area contributed by atoms with Gasteiger partial charge in [-0.15, -0.1) is 0 Å². The number of halogens is 1. The molecule has 2 aromatic rings. The van der Waals surface area contributed by atoms with Crippen LogP contribution in [-0.2, 0) is 4.74 Å². The van der Waals surface area contributed by atoms with Crippen LogP contribution in [0.1, 0.15) is 12.0 Å². The number of hydrogen-bond acceptors (Lipinski definition) is 2. The van der Waals surface area contributed by atoms with Crippen LogP contribution in [0, 0.1) is 0 Å². The van der Waals surface area contributed by atoms with Crippen LogP contribution in [0.3, 0.4) is 0 Å². The van der Waals surface area contributed by atoms with Crippen molar-refractivity contribution in [1.82, 2.24) is 0 Å². The predicted molar refractivity (Wildman–Crippen MR) is 89.0 cm³/mol. The molecule has 1 atom stereocenters. The van der Waals surface area contributed by atoms with Crippen molar-refractivity contribution < 1.29 is 4.74 Å². The Morgan fingerprint density at radius 2 is 1.86 bits per heavy atom. The number of hydrogen-bond donors (Lipinski definition) is 0. The standard InChI is InChI=1S/C17H16ClNOSe/c18-14-6-8-16(9-7-14)21-11-10-15-12-20-17(19-15)13-4-2-1-3-5-13/h1-9,15H,10-12H2/t15-/m0/s1. The van der Waals surface area contributed by atoms with Gasteiger partial charge in [0.15, 0.2) is 0 Å². The van der Waals surface area contributed by atoms with Gasteiger partial charge in [0.2, 0.25) is 0 Å². The van der Waals surface area contributed by atoms with Gasteiger partial charge in [0, 0.05) is 0 Å². The first-order valence-electron chi connectivity index (χ1n) is 6.95. The normalized spacial score (nSPS) is 17.4. The van der Waals surface area contributed by atoms with Gasteiger partial charge in [0.05, 0.1) is 0 Å². The molecule has 0 N–H and O–H groups in total. The third kappa shape index (κ3) is 4.10. The van der Waals surface area contributed by atoms with Crippen molar-refractivity contribution in [3.63, 3.8) is 0 Å². The summed E-state index contributed by atoms with van der Waals surface area (Å²) in [6.07, 6.45) is 1.08. The molecule has 0 bridgehead atoms. The van der Waals surface area contributed by atoms with Gasteiger partial charge in [-0.1, -0.05) is 0 Å². The average Bonchev–Trinajstić information content (AvgIpc) is 2.99. The molecule has 1 aliphatic heterocycles. The van der Waals surface area contributed by atoms with E-state index < -0.39 is 0 Å². The Hall–Kier alpha value is -1.28. The zero-order valence-electron chi connectivity index (χ0n) is 11.5. The van der Waals surface area contributed by atoms with Gasteiger partial charge < -0.3 is 0 Å². The molecule has 3 rings (SSSR count). The summed E-state index contributed by atoms with van der Waals surface area (Å²) >= 11 is 6.38. The summed E-state index contributed by atoms with van der Waals surface area (Å²) in [5.41, 5.74) is 1.07. The van der Waals surface area contributed by atoms with Gasteiger partial charge >= 0.3 is 136 Å². The molecule has 1 aliphatic rings.